The number of anilines is 1. The first-order chi connectivity index (χ1) is 10.9. The van der Waals surface area contributed by atoms with Crippen LogP contribution in [-0.4, -0.2) is 16.4 Å². The molecule has 0 fully saturated rings. The van der Waals surface area contributed by atoms with Crippen molar-refractivity contribution in [3.05, 3.63) is 44.1 Å². The number of amides is 2. The number of thiazole rings is 1. The molecule has 0 bridgehead atoms. The second-order valence-corrected chi connectivity index (χ2v) is 6.54. The Labute approximate surface area is 147 Å². The molecule has 0 radical (unpaired) electrons. The van der Waals surface area contributed by atoms with Crippen molar-refractivity contribution in [2.45, 2.75) is 19.8 Å². The summed E-state index contributed by atoms with van der Waals surface area (Å²) in [4.78, 5) is 28.9. The molecule has 0 atom stereocenters. The van der Waals surface area contributed by atoms with E-state index in [2.05, 4.69) is 10.3 Å². The largest absolute Gasteiger partial charge is 0.327 e. The van der Waals surface area contributed by atoms with Gasteiger partial charge in [-0.25, -0.2) is 0 Å². The van der Waals surface area contributed by atoms with Gasteiger partial charge in [0.25, 0.3) is 5.91 Å². The first-order valence-electron chi connectivity index (χ1n) is 6.90. The van der Waals surface area contributed by atoms with Crippen molar-refractivity contribution in [3.8, 4) is 0 Å². The summed E-state index contributed by atoms with van der Waals surface area (Å²) in [6.07, 6.45) is 2.82. The van der Waals surface area contributed by atoms with Crippen LogP contribution in [-0.2, 0) is 11.8 Å². The molecule has 0 saturated carbocycles. The highest BCUT2D eigenvalue weighted by atomic mass is 35.5. The molecule has 0 unspecified atom stereocenters. The summed E-state index contributed by atoms with van der Waals surface area (Å²) in [5.41, 5.74) is 0.405. The number of carbonyl (C=O) groups is 2. The maximum absolute atomic E-state index is 12.5. The van der Waals surface area contributed by atoms with Crippen LogP contribution in [0, 0.1) is 0 Å². The highest BCUT2D eigenvalue weighted by Gasteiger charge is 2.17. The summed E-state index contributed by atoms with van der Waals surface area (Å²) < 4.78 is 1.73. The molecule has 0 aliphatic carbocycles. The predicted octanol–water partition coefficient (Wildman–Crippen LogP) is 3.87. The number of hydrogen-bond donors (Lipinski definition) is 1. The minimum Gasteiger partial charge on any atom is -0.327 e. The molecule has 1 N–H and O–H groups in total. The highest BCUT2D eigenvalue weighted by molar-refractivity contribution is 7.07. The Bertz CT molecular complexity index is 811. The van der Waals surface area contributed by atoms with Crippen LogP contribution < -0.4 is 10.1 Å². The van der Waals surface area contributed by atoms with Gasteiger partial charge >= 0.3 is 0 Å². The number of rotatable bonds is 4. The van der Waals surface area contributed by atoms with E-state index >= 15 is 0 Å². The van der Waals surface area contributed by atoms with Crippen LogP contribution in [0.3, 0.4) is 0 Å². The molecule has 8 heteroatoms. The second-order valence-electron chi connectivity index (χ2n) is 4.82. The molecule has 122 valence electrons. The van der Waals surface area contributed by atoms with Crippen molar-refractivity contribution in [2.24, 2.45) is 12.0 Å². The summed E-state index contributed by atoms with van der Waals surface area (Å²) >= 11 is 13.5. The molecule has 5 nitrogen and oxygen atoms in total. The van der Waals surface area contributed by atoms with Crippen molar-refractivity contribution in [2.75, 3.05) is 5.32 Å². The van der Waals surface area contributed by atoms with Crippen LogP contribution in [0.4, 0.5) is 5.69 Å². The third-order valence-corrected chi connectivity index (χ3v) is 4.35. The molecule has 0 spiro atoms. The lowest BCUT2D eigenvalue weighted by molar-refractivity contribution is -0.116. The molecule has 2 amide bonds. The molecule has 0 saturated heterocycles. The quantitative estimate of drug-likeness (QED) is 0.886. The average molecular weight is 372 g/mol. The lowest BCUT2D eigenvalue weighted by Crippen LogP contribution is -2.16. The van der Waals surface area contributed by atoms with E-state index < -0.39 is 5.91 Å². The van der Waals surface area contributed by atoms with Gasteiger partial charge in [-0.15, -0.1) is 11.3 Å². The first-order valence-corrected chi connectivity index (χ1v) is 8.54. The molecule has 1 heterocycles. The Hall–Kier alpha value is -1.63. The minimum atomic E-state index is -0.515. The molecule has 2 aromatic rings. The van der Waals surface area contributed by atoms with Gasteiger partial charge in [0.15, 0.2) is 4.80 Å². The molecule has 1 aromatic heterocycles. The molecular weight excluding hydrogens is 357 g/mol. The maximum atomic E-state index is 12.5. The zero-order chi connectivity index (χ0) is 17.0. The van der Waals surface area contributed by atoms with Gasteiger partial charge in [-0.3, -0.25) is 9.59 Å². The Morgan fingerprint density at radius 1 is 1.35 bits per heavy atom. The van der Waals surface area contributed by atoms with Gasteiger partial charge in [0, 0.05) is 30.1 Å². The average Bonchev–Trinajstić information content (AvgIpc) is 2.87. The van der Waals surface area contributed by atoms with Crippen molar-refractivity contribution < 1.29 is 9.59 Å². The maximum Gasteiger partial charge on any atom is 0.281 e. The van der Waals surface area contributed by atoms with Crippen LogP contribution in [0.2, 0.25) is 10.0 Å². The molecular formula is C15H15Cl2N3O2S. The van der Waals surface area contributed by atoms with Crippen molar-refractivity contribution in [1.82, 2.24) is 4.57 Å². The van der Waals surface area contributed by atoms with Crippen LogP contribution in [0.5, 0.6) is 0 Å². The van der Waals surface area contributed by atoms with E-state index in [1.165, 1.54) is 23.5 Å². The van der Waals surface area contributed by atoms with E-state index in [0.29, 0.717) is 22.7 Å². The molecule has 1 aromatic carbocycles. The first kappa shape index (κ1) is 17.7. The predicted molar refractivity (Wildman–Crippen MR) is 93.2 cm³/mol. The fourth-order valence-electron chi connectivity index (χ4n) is 1.88. The lowest BCUT2D eigenvalue weighted by atomic mass is 10.1. The Morgan fingerprint density at radius 3 is 2.70 bits per heavy atom. The van der Waals surface area contributed by atoms with Gasteiger partial charge in [-0.1, -0.05) is 30.1 Å². The molecule has 0 aliphatic heterocycles. The molecule has 0 aliphatic rings. The van der Waals surface area contributed by atoms with Gasteiger partial charge in [-0.05, 0) is 18.6 Å². The fourth-order valence-corrected chi connectivity index (χ4v) is 3.15. The number of halogens is 2. The standard InChI is InChI=1S/C15H15Cl2N3O2S/c1-3-4-12(21)18-13-10(7-9(16)8-11(13)17)14(22)19-15-20(2)5-6-23-15/h5-8H,3-4H2,1-2H3,(H,18,21). The van der Waals surface area contributed by atoms with Gasteiger partial charge in [0.2, 0.25) is 5.91 Å². The van der Waals surface area contributed by atoms with Crippen LogP contribution in [0.25, 0.3) is 0 Å². The highest BCUT2D eigenvalue weighted by Crippen LogP contribution is 2.31. The minimum absolute atomic E-state index is 0.167. The molecule has 23 heavy (non-hydrogen) atoms. The van der Waals surface area contributed by atoms with Gasteiger partial charge in [0.1, 0.15) is 0 Å². The number of benzene rings is 1. The van der Waals surface area contributed by atoms with Gasteiger partial charge in [0.05, 0.1) is 16.3 Å². The van der Waals surface area contributed by atoms with Crippen molar-refractivity contribution >= 4 is 52.0 Å². The molecule has 2 rings (SSSR count). The van der Waals surface area contributed by atoms with Crippen molar-refractivity contribution in [1.29, 1.82) is 0 Å². The van der Waals surface area contributed by atoms with Crippen LogP contribution in [0.1, 0.15) is 30.1 Å². The number of aryl methyl sites for hydroxylation is 1. The SMILES string of the molecule is CCCC(=O)Nc1c(Cl)cc(Cl)cc1C(=O)N=c1sccn1C. The Morgan fingerprint density at radius 2 is 2.09 bits per heavy atom. The number of nitrogens with one attached hydrogen (secondary N) is 1. The zero-order valence-corrected chi connectivity index (χ0v) is 14.9. The van der Waals surface area contributed by atoms with Gasteiger partial charge in [-0.2, -0.15) is 4.99 Å². The third-order valence-electron chi connectivity index (χ3n) is 2.98. The number of nitrogens with zero attached hydrogens (tertiary/aromatic N) is 2. The summed E-state index contributed by atoms with van der Waals surface area (Å²) in [6, 6.07) is 2.93. The number of aromatic nitrogens is 1. The van der Waals surface area contributed by atoms with Crippen LogP contribution in [0.15, 0.2) is 28.7 Å². The number of carbonyl (C=O) groups excluding carboxylic acids is 2. The summed E-state index contributed by atoms with van der Waals surface area (Å²) in [7, 11) is 1.79. The van der Waals surface area contributed by atoms with Crippen molar-refractivity contribution in [3.63, 3.8) is 0 Å². The summed E-state index contributed by atoms with van der Waals surface area (Å²) in [5, 5.41) is 5.00. The van der Waals surface area contributed by atoms with E-state index in [0.717, 1.165) is 0 Å². The Kier molecular flexibility index (Phi) is 5.98. The van der Waals surface area contributed by atoms with E-state index in [1.807, 2.05) is 12.3 Å². The number of hydrogen-bond acceptors (Lipinski definition) is 3. The van der Waals surface area contributed by atoms with E-state index in [-0.39, 0.29) is 22.2 Å². The van der Waals surface area contributed by atoms with E-state index in [4.69, 9.17) is 23.2 Å². The second kappa shape index (κ2) is 7.77. The topological polar surface area (TPSA) is 63.5 Å². The normalized spacial score (nSPS) is 11.6. The zero-order valence-electron chi connectivity index (χ0n) is 12.6. The van der Waals surface area contributed by atoms with E-state index in [9.17, 15) is 9.59 Å². The monoisotopic (exact) mass is 371 g/mol. The van der Waals surface area contributed by atoms with E-state index in [1.54, 1.807) is 17.8 Å². The van der Waals surface area contributed by atoms with Crippen LogP contribution >= 0.6 is 34.5 Å². The summed E-state index contributed by atoms with van der Waals surface area (Å²) in [6.45, 7) is 1.89. The third kappa shape index (κ3) is 4.43. The lowest BCUT2D eigenvalue weighted by Gasteiger charge is -2.11. The fraction of sp³-hybridized carbons (Fsp3) is 0.267. The Balaban J connectivity index is 2.46. The van der Waals surface area contributed by atoms with Gasteiger partial charge < -0.3 is 9.88 Å². The smallest absolute Gasteiger partial charge is 0.281 e. The summed E-state index contributed by atoms with van der Waals surface area (Å²) in [5.74, 6) is -0.730.